The van der Waals surface area contributed by atoms with E-state index < -0.39 is 29.9 Å². The normalized spacial score (nSPS) is 16.7. The number of carbonyl (C=O) groups excluding carboxylic acids is 2. The van der Waals surface area contributed by atoms with Crippen LogP contribution in [-0.4, -0.2) is 47.3 Å². The quantitative estimate of drug-likeness (QED) is 0.690. The van der Waals surface area contributed by atoms with E-state index in [2.05, 4.69) is 20.5 Å². The van der Waals surface area contributed by atoms with Gasteiger partial charge in [0.05, 0.1) is 29.4 Å². The van der Waals surface area contributed by atoms with Crippen LogP contribution in [0.1, 0.15) is 34.7 Å². The molecule has 1 aromatic heterocycles. The van der Waals surface area contributed by atoms with Crippen molar-refractivity contribution in [2.45, 2.75) is 38.0 Å². The zero-order chi connectivity index (χ0) is 22.2. The monoisotopic (exact) mass is 458 g/mol. The van der Waals surface area contributed by atoms with Crippen molar-refractivity contribution in [3.63, 3.8) is 0 Å². The van der Waals surface area contributed by atoms with Gasteiger partial charge in [-0.2, -0.15) is 8.78 Å². The third kappa shape index (κ3) is 4.77. The molecule has 166 valence electrons. The summed E-state index contributed by atoms with van der Waals surface area (Å²) in [5.74, 6) is -1.27. The van der Waals surface area contributed by atoms with Crippen LogP contribution >= 0.6 is 11.6 Å². The summed E-state index contributed by atoms with van der Waals surface area (Å²) >= 11 is 5.73. The van der Waals surface area contributed by atoms with Gasteiger partial charge >= 0.3 is 12.6 Å². The molecule has 8 nitrogen and oxygen atoms in total. The number of benzene rings is 1. The smallest absolute Gasteiger partial charge is 0.345 e. The fourth-order valence-electron chi connectivity index (χ4n) is 3.32. The number of fused-ring (bicyclic) bond motifs is 1. The Balaban J connectivity index is 1.42. The molecule has 2 N–H and O–H groups in total. The third-order valence-electron chi connectivity index (χ3n) is 5.22. The average Bonchev–Trinajstić information content (AvgIpc) is 3.36. The zero-order valence-electron chi connectivity index (χ0n) is 16.1. The molecule has 1 fully saturated rings. The summed E-state index contributed by atoms with van der Waals surface area (Å²) in [5.41, 5.74) is 0.468. The van der Waals surface area contributed by atoms with Crippen molar-refractivity contribution < 1.29 is 32.0 Å². The van der Waals surface area contributed by atoms with Gasteiger partial charge in [-0.1, -0.05) is 16.8 Å². The number of urea groups is 1. The van der Waals surface area contributed by atoms with Gasteiger partial charge in [-0.15, -0.1) is 0 Å². The molecule has 1 aliphatic carbocycles. The minimum absolute atomic E-state index is 0.0584. The van der Waals surface area contributed by atoms with Crippen LogP contribution in [0.4, 0.5) is 23.7 Å². The highest BCUT2D eigenvalue weighted by Crippen LogP contribution is 2.37. The van der Waals surface area contributed by atoms with Crippen LogP contribution in [0, 0.1) is 5.82 Å². The number of alkyl halides is 2. The first kappa shape index (κ1) is 21.4. The van der Waals surface area contributed by atoms with E-state index in [1.54, 1.807) is 0 Å². The fraction of sp³-hybridized carbons (Fsp3) is 0.421. The van der Waals surface area contributed by atoms with Crippen LogP contribution in [0.3, 0.4) is 0 Å². The predicted octanol–water partition coefficient (Wildman–Crippen LogP) is 3.56. The number of rotatable bonds is 6. The lowest BCUT2D eigenvalue weighted by molar-refractivity contribution is -0.135. The largest absolute Gasteiger partial charge is 0.350 e. The van der Waals surface area contributed by atoms with Crippen molar-refractivity contribution in [1.29, 1.82) is 0 Å². The van der Waals surface area contributed by atoms with Crippen molar-refractivity contribution >= 4 is 29.2 Å². The molecule has 0 saturated heterocycles. The molecule has 1 aliphatic heterocycles. The molecule has 0 unspecified atom stereocenters. The first-order chi connectivity index (χ1) is 14.8. The second-order valence-corrected chi connectivity index (χ2v) is 7.88. The van der Waals surface area contributed by atoms with Crippen LogP contribution in [0.25, 0.3) is 0 Å². The average molecular weight is 459 g/mol. The highest BCUT2D eigenvalue weighted by Gasteiger charge is 2.46. The Morgan fingerprint density at radius 3 is 2.81 bits per heavy atom. The molecular formula is C19H18ClF3N4O4. The van der Waals surface area contributed by atoms with Crippen LogP contribution in [-0.2, 0) is 17.7 Å². The second kappa shape index (κ2) is 8.39. The van der Waals surface area contributed by atoms with Crippen molar-refractivity contribution in [3.05, 3.63) is 46.1 Å². The number of aromatic nitrogens is 1. The Morgan fingerprint density at radius 1 is 1.35 bits per heavy atom. The molecule has 2 aliphatic rings. The molecule has 1 aromatic carbocycles. The lowest BCUT2D eigenvalue weighted by Gasteiger charge is -2.26. The maximum atomic E-state index is 13.3. The van der Waals surface area contributed by atoms with Crippen LogP contribution in [0.15, 0.2) is 22.7 Å². The Labute approximate surface area is 179 Å². The minimum Gasteiger partial charge on any atom is -0.350 e. The summed E-state index contributed by atoms with van der Waals surface area (Å²) in [4.78, 5) is 26.7. The summed E-state index contributed by atoms with van der Waals surface area (Å²) in [6.45, 7) is -2.84. The third-order valence-corrected chi connectivity index (χ3v) is 5.51. The van der Waals surface area contributed by atoms with E-state index in [0.29, 0.717) is 42.8 Å². The van der Waals surface area contributed by atoms with Gasteiger partial charge in [0, 0.05) is 24.2 Å². The van der Waals surface area contributed by atoms with Gasteiger partial charge in [-0.25, -0.2) is 9.18 Å². The van der Waals surface area contributed by atoms with E-state index in [0.717, 1.165) is 6.07 Å². The predicted molar refractivity (Wildman–Crippen MR) is 102 cm³/mol. The summed E-state index contributed by atoms with van der Waals surface area (Å²) in [6, 6.07) is 3.34. The van der Waals surface area contributed by atoms with E-state index in [9.17, 15) is 22.8 Å². The first-order valence-electron chi connectivity index (χ1n) is 9.47. The maximum Gasteiger partial charge on any atom is 0.345 e. The van der Waals surface area contributed by atoms with Gasteiger partial charge in [-0.05, 0) is 31.0 Å². The van der Waals surface area contributed by atoms with Crippen LogP contribution in [0.5, 0.6) is 0 Å². The Bertz CT molecular complexity index is 1010. The molecule has 0 spiro atoms. The second-order valence-electron chi connectivity index (χ2n) is 7.47. The van der Waals surface area contributed by atoms with Gasteiger partial charge in [0.15, 0.2) is 0 Å². The molecule has 4 rings (SSSR count). The minimum atomic E-state index is -2.92. The molecular weight excluding hydrogens is 441 g/mol. The molecule has 2 heterocycles. The molecule has 3 amide bonds. The number of hydrogen-bond acceptors (Lipinski definition) is 5. The Kier molecular flexibility index (Phi) is 5.80. The zero-order valence-corrected chi connectivity index (χ0v) is 16.8. The van der Waals surface area contributed by atoms with Crippen LogP contribution < -0.4 is 10.6 Å². The van der Waals surface area contributed by atoms with Gasteiger partial charge in [0.25, 0.3) is 5.91 Å². The number of nitrogens with one attached hydrogen (secondary N) is 2. The van der Waals surface area contributed by atoms with Crippen LogP contribution in [0.2, 0.25) is 5.02 Å². The molecule has 31 heavy (non-hydrogen) atoms. The summed E-state index contributed by atoms with van der Waals surface area (Å²) in [5, 5.41) is 9.07. The molecule has 0 radical (unpaired) electrons. The lowest BCUT2D eigenvalue weighted by Crippen LogP contribution is -2.42. The number of anilines is 1. The number of nitrogens with zero attached hydrogens (tertiary/aromatic N) is 2. The maximum absolute atomic E-state index is 13.3. The highest BCUT2D eigenvalue weighted by atomic mass is 35.5. The molecule has 12 heteroatoms. The summed E-state index contributed by atoms with van der Waals surface area (Å²) < 4.78 is 47.4. The lowest BCUT2D eigenvalue weighted by atomic mass is 10.1. The number of carbonyl (C=O) groups is 2. The molecule has 1 saturated carbocycles. The van der Waals surface area contributed by atoms with E-state index in [4.69, 9.17) is 16.1 Å². The molecule has 0 atom stereocenters. The van der Waals surface area contributed by atoms with Gasteiger partial charge in [0.2, 0.25) is 5.76 Å². The van der Waals surface area contributed by atoms with Crippen molar-refractivity contribution in [1.82, 2.24) is 15.4 Å². The van der Waals surface area contributed by atoms with Gasteiger partial charge < -0.3 is 24.8 Å². The fourth-order valence-corrected chi connectivity index (χ4v) is 3.50. The number of amides is 3. The Hall–Kier alpha value is -2.79. The number of hydrogen-bond donors (Lipinski definition) is 2. The van der Waals surface area contributed by atoms with E-state index >= 15 is 0 Å². The molecule has 0 bridgehead atoms. The highest BCUT2D eigenvalue weighted by molar-refractivity contribution is 6.31. The van der Waals surface area contributed by atoms with Crippen molar-refractivity contribution in [2.75, 3.05) is 18.5 Å². The SMILES string of the molecule is O=C(NC1(COC(F)F)CC1)c1onc2c1CN(C(=O)Nc1ccc(F)c(Cl)c1)CC2. The van der Waals surface area contributed by atoms with E-state index in [1.165, 1.54) is 17.0 Å². The standard InChI is InChI=1S/C19H18ClF3N4O4/c20-12-7-10(1-2-13(12)21)24-18(29)27-6-3-14-11(8-27)15(31-26-14)16(28)25-19(4-5-19)9-30-17(22)23/h1-2,7,17H,3-6,8-9H2,(H,24,29)(H,25,28). The van der Waals surface area contributed by atoms with Crippen molar-refractivity contribution in [2.24, 2.45) is 0 Å². The number of halogens is 4. The topological polar surface area (TPSA) is 96.7 Å². The van der Waals surface area contributed by atoms with Gasteiger partial charge in [-0.3, -0.25) is 4.79 Å². The summed E-state index contributed by atoms with van der Waals surface area (Å²) in [7, 11) is 0. The van der Waals surface area contributed by atoms with Gasteiger partial charge in [0.1, 0.15) is 5.82 Å². The van der Waals surface area contributed by atoms with E-state index in [-0.39, 0.29) is 23.9 Å². The molecule has 2 aromatic rings. The summed E-state index contributed by atoms with van der Waals surface area (Å²) in [6.07, 6.45) is 1.39. The Morgan fingerprint density at radius 2 is 2.13 bits per heavy atom. The van der Waals surface area contributed by atoms with Crippen molar-refractivity contribution in [3.8, 4) is 0 Å². The first-order valence-corrected chi connectivity index (χ1v) is 9.85. The number of ether oxygens (including phenoxy) is 1. The van der Waals surface area contributed by atoms with E-state index in [1.807, 2.05) is 0 Å².